The lowest BCUT2D eigenvalue weighted by molar-refractivity contribution is 0.623. The Morgan fingerprint density at radius 2 is 0.571 bits per heavy atom. The summed E-state index contributed by atoms with van der Waals surface area (Å²) in [6.07, 6.45) is 0. The Balaban J connectivity index is 0.000000143. The van der Waals surface area contributed by atoms with E-state index in [4.69, 9.17) is 29.9 Å². The maximum absolute atomic E-state index is 4.99. The highest BCUT2D eigenvalue weighted by molar-refractivity contribution is 6.05. The molecule has 4 aromatic heterocycles. The number of fused-ring (bicyclic) bond motifs is 10. The maximum Gasteiger partial charge on any atom is 0.164 e. The third-order valence-electron chi connectivity index (χ3n) is 16.8. The zero-order valence-corrected chi connectivity index (χ0v) is 47.0. The van der Waals surface area contributed by atoms with Crippen LogP contribution in [0.25, 0.3) is 124 Å². The second-order valence-electron chi connectivity index (χ2n) is 22.7. The summed E-state index contributed by atoms with van der Waals surface area (Å²) in [5, 5.41) is 2.56. The summed E-state index contributed by atoms with van der Waals surface area (Å²) in [4.78, 5) is 29.5. The molecular weight excluding hydrogens is 1020 g/mol. The lowest BCUT2D eigenvalue weighted by Gasteiger charge is -2.24. The van der Waals surface area contributed by atoms with E-state index in [1.54, 1.807) is 0 Å². The van der Waals surface area contributed by atoms with Gasteiger partial charge in [-0.15, -0.1) is 0 Å². The fourth-order valence-corrected chi connectivity index (χ4v) is 12.9. The quantitative estimate of drug-likeness (QED) is 0.151. The topological polar surface area (TPSA) is 87.2 Å². The van der Waals surface area contributed by atoms with Crippen LogP contribution in [0, 0.1) is 0 Å². The molecule has 0 amide bonds. The average molecular weight is 1080 g/mol. The van der Waals surface area contributed by atoms with Gasteiger partial charge < -0.3 is 9.13 Å². The molecule has 10 aromatic carbocycles. The Bertz CT molecular complexity index is 4690. The van der Waals surface area contributed by atoms with Gasteiger partial charge >= 0.3 is 0 Å². The van der Waals surface area contributed by atoms with Crippen molar-refractivity contribution in [1.82, 2.24) is 39.0 Å². The van der Waals surface area contributed by atoms with E-state index in [9.17, 15) is 0 Å². The molecule has 0 saturated carbocycles. The number of hydrogen-bond donors (Lipinski definition) is 0. The highest BCUT2D eigenvalue weighted by atomic mass is 15.1. The van der Waals surface area contributed by atoms with Gasteiger partial charge in [0.25, 0.3) is 0 Å². The van der Waals surface area contributed by atoms with E-state index in [1.807, 2.05) is 121 Å². The Hall–Kier alpha value is -10.7. The molecule has 0 spiro atoms. The molecule has 0 radical (unpaired) electrons. The van der Waals surface area contributed by atoms with E-state index < -0.39 is 0 Å². The van der Waals surface area contributed by atoms with Crippen molar-refractivity contribution in [2.45, 2.75) is 38.5 Å². The molecule has 0 fully saturated rings. The predicted molar refractivity (Wildman–Crippen MR) is 341 cm³/mol. The van der Waals surface area contributed by atoms with Crippen LogP contribution >= 0.6 is 0 Å². The van der Waals surface area contributed by atoms with Crippen LogP contribution in [0.1, 0.15) is 50.2 Å². The molecule has 0 saturated heterocycles. The van der Waals surface area contributed by atoms with Crippen LogP contribution in [0.4, 0.5) is 0 Å². The summed E-state index contributed by atoms with van der Waals surface area (Å²) >= 11 is 0. The van der Waals surface area contributed by atoms with Crippen molar-refractivity contribution < 1.29 is 0 Å². The summed E-state index contributed by atoms with van der Waals surface area (Å²) in [6.45, 7) is 9.34. The Labute approximate surface area is 488 Å². The van der Waals surface area contributed by atoms with Gasteiger partial charge in [0.1, 0.15) is 0 Å². The largest absolute Gasteiger partial charge is 0.312 e. The number of aromatic nitrogens is 8. The van der Waals surface area contributed by atoms with Gasteiger partial charge in [-0.1, -0.05) is 246 Å². The summed E-state index contributed by atoms with van der Waals surface area (Å²) in [6, 6.07) is 92.8. The summed E-state index contributed by atoms with van der Waals surface area (Å²) in [5.74, 6) is 3.96. The monoisotopic (exact) mass is 1080 g/mol. The average Bonchev–Trinajstić information content (AvgIpc) is 2.03. The Kier molecular flexibility index (Phi) is 12.0. The van der Waals surface area contributed by atoms with Crippen LogP contribution in [0.2, 0.25) is 0 Å². The van der Waals surface area contributed by atoms with Crippen LogP contribution in [0.15, 0.2) is 267 Å². The minimum atomic E-state index is -0.158. The molecule has 0 N–H and O–H groups in total. The van der Waals surface area contributed by atoms with E-state index >= 15 is 0 Å². The number of rotatable bonds is 8. The number of hydrogen-bond acceptors (Lipinski definition) is 6. The molecule has 400 valence electrons. The predicted octanol–water partition coefficient (Wildman–Crippen LogP) is 18.2. The van der Waals surface area contributed by atoms with Gasteiger partial charge in [-0.05, 0) is 70.8 Å². The van der Waals surface area contributed by atoms with Crippen LogP contribution in [0.5, 0.6) is 0 Å². The molecule has 0 unspecified atom stereocenters. The van der Waals surface area contributed by atoms with Crippen LogP contribution in [0.3, 0.4) is 0 Å². The molecule has 2 aliphatic carbocycles. The molecule has 8 heteroatoms. The Morgan fingerprint density at radius 3 is 0.976 bits per heavy atom. The molecule has 14 aromatic rings. The van der Waals surface area contributed by atoms with Gasteiger partial charge in [0.15, 0.2) is 34.9 Å². The molecule has 0 aliphatic heterocycles. The van der Waals surface area contributed by atoms with E-state index in [-0.39, 0.29) is 10.8 Å². The second-order valence-corrected chi connectivity index (χ2v) is 22.7. The van der Waals surface area contributed by atoms with Crippen LogP contribution in [-0.2, 0) is 10.8 Å². The third kappa shape index (κ3) is 8.36. The molecule has 16 rings (SSSR count). The Morgan fingerprint density at radius 1 is 0.262 bits per heavy atom. The first-order valence-corrected chi connectivity index (χ1v) is 28.6. The highest BCUT2D eigenvalue weighted by Crippen LogP contribution is 2.55. The first-order valence-electron chi connectivity index (χ1n) is 28.6. The molecule has 8 nitrogen and oxygen atoms in total. The normalized spacial score (nSPS) is 13.2. The molecule has 2 aliphatic rings. The van der Waals surface area contributed by atoms with Crippen molar-refractivity contribution in [2.24, 2.45) is 0 Å². The molecule has 84 heavy (non-hydrogen) atoms. The van der Waals surface area contributed by atoms with E-state index in [0.29, 0.717) is 34.9 Å². The van der Waals surface area contributed by atoms with Crippen molar-refractivity contribution in [2.75, 3.05) is 0 Å². The van der Waals surface area contributed by atoms with Crippen molar-refractivity contribution in [3.05, 3.63) is 289 Å². The lowest BCUT2D eigenvalue weighted by atomic mass is 9.85. The smallest absolute Gasteiger partial charge is 0.164 e. The molecular formula is C76H56N8. The van der Waals surface area contributed by atoms with Crippen molar-refractivity contribution in [1.29, 1.82) is 0 Å². The van der Waals surface area contributed by atoms with E-state index in [2.05, 4.69) is 182 Å². The standard InChI is InChI=1S/2C38H28N4/c1-38(2)31-22-11-9-20-29(31)33-30-21-10-12-23-32(30)42(34(33)38)28-19-13-18-27(24-28)37-40-35(25-14-5-3-6-15-25)39-36(41-37)26-16-7-4-8-17-26;1-38(2)31-19-11-9-17-29(31)33-30-18-10-12-20-32(30)42(34(33)38)28-23-21-27(22-24-28)37-40-35(25-13-5-3-6-14-25)39-36(41-37)26-15-7-4-8-16-26/h2*3-24H,1-2H3. The van der Waals surface area contributed by atoms with Gasteiger partial charge in [-0.25, -0.2) is 29.9 Å². The minimum Gasteiger partial charge on any atom is -0.312 e. The van der Waals surface area contributed by atoms with Crippen molar-refractivity contribution in [3.63, 3.8) is 0 Å². The number of nitrogens with zero attached hydrogens (tertiary/aromatic N) is 8. The highest BCUT2D eigenvalue weighted by Gasteiger charge is 2.42. The van der Waals surface area contributed by atoms with Gasteiger partial charge in [0, 0.05) is 88.9 Å². The van der Waals surface area contributed by atoms with Gasteiger partial charge in [0.05, 0.1) is 11.0 Å². The van der Waals surface area contributed by atoms with Gasteiger partial charge in [-0.2, -0.15) is 0 Å². The van der Waals surface area contributed by atoms with E-state index in [1.165, 1.54) is 66.6 Å². The number of para-hydroxylation sites is 2. The maximum atomic E-state index is 4.99. The SMILES string of the molecule is CC1(C)c2ccccc2-c2c1n(-c1ccc(-c3nc(-c4ccccc4)nc(-c4ccccc4)n3)cc1)c1ccccc21.CC1(C)c2ccccc2-c2c1n(-c1cccc(-c3nc(-c4ccccc4)nc(-c4ccccc4)n3)c1)c1ccccc21. The van der Waals surface area contributed by atoms with E-state index in [0.717, 1.165) is 44.8 Å². The fourth-order valence-electron chi connectivity index (χ4n) is 12.9. The van der Waals surface area contributed by atoms with Gasteiger partial charge in [-0.3, -0.25) is 0 Å². The second kappa shape index (κ2) is 20.1. The summed E-state index contributed by atoms with van der Waals surface area (Å²) < 4.78 is 4.87. The molecule has 0 bridgehead atoms. The van der Waals surface area contributed by atoms with Crippen LogP contribution in [-0.4, -0.2) is 39.0 Å². The first-order chi connectivity index (χ1) is 41.2. The fraction of sp³-hybridized carbons (Fsp3) is 0.0789. The molecule has 0 atom stereocenters. The lowest BCUT2D eigenvalue weighted by Crippen LogP contribution is -2.19. The summed E-state index contributed by atoms with van der Waals surface area (Å²) in [5.41, 5.74) is 20.8. The van der Waals surface area contributed by atoms with Crippen LogP contribution < -0.4 is 0 Å². The third-order valence-corrected chi connectivity index (χ3v) is 16.8. The van der Waals surface area contributed by atoms with Crippen molar-refractivity contribution >= 4 is 21.8 Å². The van der Waals surface area contributed by atoms with Crippen molar-refractivity contribution in [3.8, 4) is 102 Å². The van der Waals surface area contributed by atoms with Gasteiger partial charge in [0.2, 0.25) is 0 Å². The minimum absolute atomic E-state index is 0.132. The number of benzene rings is 10. The first kappa shape index (κ1) is 50.3. The zero-order chi connectivity index (χ0) is 56.5. The molecule has 4 heterocycles. The zero-order valence-electron chi connectivity index (χ0n) is 47.0. The summed E-state index contributed by atoms with van der Waals surface area (Å²) in [7, 11) is 0.